The summed E-state index contributed by atoms with van der Waals surface area (Å²) in [7, 11) is 0. The molecule has 0 aliphatic carbocycles. The lowest BCUT2D eigenvalue weighted by atomic mass is 10.0. The molecule has 0 saturated carbocycles. The summed E-state index contributed by atoms with van der Waals surface area (Å²) < 4.78 is -0.340. The number of fused-ring (bicyclic) bond motifs is 1. The Morgan fingerprint density at radius 2 is 1.67 bits per heavy atom. The molecule has 3 nitrogen and oxygen atoms in total. The Morgan fingerprint density at radius 3 is 2.43 bits per heavy atom. The highest BCUT2D eigenvalue weighted by atomic mass is 16.5. The molecule has 3 rings (SSSR count). The van der Waals surface area contributed by atoms with E-state index in [1.165, 1.54) is 5.56 Å². The van der Waals surface area contributed by atoms with Crippen molar-refractivity contribution in [3.05, 3.63) is 76.5 Å². The maximum Gasteiger partial charge on any atom is 0.128 e. The minimum absolute atomic E-state index is 0.221. The minimum atomic E-state index is -0.700. The third-order valence-corrected chi connectivity index (χ3v) is 4.28. The fourth-order valence-electron chi connectivity index (χ4n) is 3.15. The van der Waals surface area contributed by atoms with Crippen LogP contribution in [0.25, 0.3) is 0 Å². The maximum atomic E-state index is 13.1. The second-order valence-electron chi connectivity index (χ2n) is 5.92. The number of aliphatic hydroxyl groups excluding tert-OH is 1. The topological polar surface area (TPSA) is 43.3 Å². The first kappa shape index (κ1) is 14.3. The van der Waals surface area contributed by atoms with Crippen LogP contribution in [-0.4, -0.2) is 22.8 Å². The summed E-state index contributed by atoms with van der Waals surface area (Å²) in [5.74, 6) is 0. The highest BCUT2D eigenvalue weighted by Gasteiger charge is 2.26. The van der Waals surface area contributed by atoms with E-state index in [1.807, 2.05) is 48.5 Å². The second kappa shape index (κ2) is 5.98. The van der Waals surface area contributed by atoms with Gasteiger partial charge >= 0.3 is 0 Å². The monoisotopic (exact) mass is 283 g/mol. The van der Waals surface area contributed by atoms with Crippen molar-refractivity contribution in [2.45, 2.75) is 25.5 Å². The van der Waals surface area contributed by atoms with E-state index in [0.29, 0.717) is 13.1 Å². The average Bonchev–Trinajstić information content (AvgIpc) is 2.66. The first-order chi connectivity index (χ1) is 10.2. The van der Waals surface area contributed by atoms with Gasteiger partial charge in [0, 0.05) is 12.0 Å². The normalized spacial score (nSPS) is 23.1. The highest BCUT2D eigenvalue weighted by molar-refractivity contribution is 5.27. The molecule has 2 aromatic carbocycles. The number of hydrogen-bond acceptors (Lipinski definition) is 2. The lowest BCUT2D eigenvalue weighted by Crippen LogP contribution is -2.44. The molecule has 1 heterocycles. The average molecular weight is 283 g/mol. The second-order valence-corrected chi connectivity index (χ2v) is 5.92. The van der Waals surface area contributed by atoms with Gasteiger partial charge in [0.25, 0.3) is 0 Å². The summed E-state index contributed by atoms with van der Waals surface area (Å²) in [6, 6.07) is 17.6. The van der Waals surface area contributed by atoms with Crippen LogP contribution in [0.1, 0.15) is 29.2 Å². The molecule has 110 valence electrons. The molecule has 0 radical (unpaired) electrons. The minimum Gasteiger partial charge on any atom is -0.632 e. The molecule has 1 N–H and O–H groups in total. The first-order valence-electron chi connectivity index (χ1n) is 7.53. The molecular weight excluding hydrogens is 262 g/mol. The van der Waals surface area contributed by atoms with Crippen LogP contribution >= 0.6 is 0 Å². The van der Waals surface area contributed by atoms with Crippen LogP contribution < -0.4 is 0 Å². The Morgan fingerprint density at radius 1 is 1.00 bits per heavy atom. The molecule has 2 atom stereocenters. The Kier molecular flexibility index (Phi) is 4.06. The SMILES string of the molecule is [O-][N+]1(C[C@H](O)c2ccccc2)CCCc2ccccc2C1. The lowest BCUT2D eigenvalue weighted by molar-refractivity contribution is -0.897. The number of rotatable bonds is 3. The van der Waals surface area contributed by atoms with E-state index in [-0.39, 0.29) is 11.2 Å². The summed E-state index contributed by atoms with van der Waals surface area (Å²) in [6.07, 6.45) is 1.14. The molecule has 1 aliphatic rings. The number of quaternary nitrogens is 1. The van der Waals surface area contributed by atoms with Gasteiger partial charge in [-0.15, -0.1) is 0 Å². The molecule has 0 aromatic heterocycles. The van der Waals surface area contributed by atoms with Crippen LogP contribution in [0.3, 0.4) is 0 Å². The molecule has 2 aromatic rings. The zero-order valence-corrected chi connectivity index (χ0v) is 12.1. The molecular formula is C18H21NO2. The smallest absolute Gasteiger partial charge is 0.128 e. The van der Waals surface area contributed by atoms with Crippen molar-refractivity contribution in [1.82, 2.24) is 0 Å². The number of benzene rings is 2. The Bertz CT molecular complexity index is 599. The molecule has 1 unspecified atom stereocenters. The fourth-order valence-corrected chi connectivity index (χ4v) is 3.15. The van der Waals surface area contributed by atoms with Crippen molar-refractivity contribution >= 4 is 0 Å². The van der Waals surface area contributed by atoms with Gasteiger partial charge in [-0.05, 0) is 17.5 Å². The maximum absolute atomic E-state index is 13.1. The summed E-state index contributed by atoms with van der Waals surface area (Å²) >= 11 is 0. The van der Waals surface area contributed by atoms with E-state index in [1.54, 1.807) is 0 Å². The zero-order valence-electron chi connectivity index (χ0n) is 12.1. The van der Waals surface area contributed by atoms with E-state index in [0.717, 1.165) is 24.0 Å². The lowest BCUT2D eigenvalue weighted by Gasteiger charge is -2.43. The quantitative estimate of drug-likeness (QED) is 0.694. The summed E-state index contributed by atoms with van der Waals surface area (Å²) in [6.45, 7) is 1.25. The third-order valence-electron chi connectivity index (χ3n) is 4.28. The highest BCUT2D eigenvalue weighted by Crippen LogP contribution is 2.26. The predicted molar refractivity (Wildman–Crippen MR) is 83.2 cm³/mol. The molecule has 21 heavy (non-hydrogen) atoms. The van der Waals surface area contributed by atoms with Crippen LogP contribution in [0, 0.1) is 5.21 Å². The van der Waals surface area contributed by atoms with Crippen molar-refractivity contribution in [2.24, 2.45) is 0 Å². The molecule has 0 saturated heterocycles. The summed E-state index contributed by atoms with van der Waals surface area (Å²) in [5.41, 5.74) is 3.23. The molecule has 1 aliphatic heterocycles. The van der Waals surface area contributed by atoms with E-state index in [2.05, 4.69) is 6.07 Å². The molecule has 0 fully saturated rings. The Balaban J connectivity index is 1.78. The van der Waals surface area contributed by atoms with E-state index in [4.69, 9.17) is 0 Å². The van der Waals surface area contributed by atoms with Crippen molar-refractivity contribution in [3.63, 3.8) is 0 Å². The zero-order chi connectivity index (χ0) is 14.7. The van der Waals surface area contributed by atoms with Crippen LogP contribution in [0.2, 0.25) is 0 Å². The number of nitrogens with zero attached hydrogens (tertiary/aromatic N) is 1. The molecule has 3 heteroatoms. The van der Waals surface area contributed by atoms with Crippen molar-refractivity contribution in [1.29, 1.82) is 0 Å². The van der Waals surface area contributed by atoms with Crippen LogP contribution in [0.4, 0.5) is 0 Å². The standard InChI is InChI=1S/C18H21NO2/c20-18(16-8-2-1-3-9-16)14-19(21)12-6-11-15-7-4-5-10-17(15)13-19/h1-5,7-10,18,20H,6,11-14H2/t18-,19?/m0/s1. The van der Waals surface area contributed by atoms with Gasteiger partial charge in [-0.3, -0.25) is 0 Å². The largest absolute Gasteiger partial charge is 0.632 e. The van der Waals surface area contributed by atoms with Gasteiger partial charge in [-0.25, -0.2) is 0 Å². The molecule has 0 spiro atoms. The summed E-state index contributed by atoms with van der Waals surface area (Å²) in [4.78, 5) is 0. The molecule has 0 amide bonds. The van der Waals surface area contributed by atoms with Gasteiger partial charge in [0.2, 0.25) is 0 Å². The van der Waals surface area contributed by atoms with Gasteiger partial charge in [0.05, 0.1) is 6.54 Å². The van der Waals surface area contributed by atoms with E-state index < -0.39 is 6.10 Å². The molecule has 0 bridgehead atoms. The van der Waals surface area contributed by atoms with Crippen molar-refractivity contribution < 1.29 is 9.75 Å². The number of hydroxylamine groups is 3. The third kappa shape index (κ3) is 3.32. The predicted octanol–water partition coefficient (Wildman–Crippen LogP) is 3.18. The van der Waals surface area contributed by atoms with Crippen molar-refractivity contribution in [3.8, 4) is 0 Å². The van der Waals surface area contributed by atoms with Crippen LogP contribution in [-0.2, 0) is 13.0 Å². The van der Waals surface area contributed by atoms with Gasteiger partial charge in [-0.1, -0.05) is 54.6 Å². The first-order valence-corrected chi connectivity index (χ1v) is 7.53. The van der Waals surface area contributed by atoms with Gasteiger partial charge in [0.15, 0.2) is 0 Å². The van der Waals surface area contributed by atoms with Gasteiger partial charge in [0.1, 0.15) is 19.2 Å². The van der Waals surface area contributed by atoms with Crippen molar-refractivity contribution in [2.75, 3.05) is 13.1 Å². The van der Waals surface area contributed by atoms with Crippen LogP contribution in [0.15, 0.2) is 54.6 Å². The van der Waals surface area contributed by atoms with E-state index in [9.17, 15) is 10.3 Å². The number of hydrogen-bond donors (Lipinski definition) is 1. The Hall–Kier alpha value is -1.68. The number of aryl methyl sites for hydroxylation is 1. The fraction of sp³-hybridized carbons (Fsp3) is 0.333. The summed E-state index contributed by atoms with van der Waals surface area (Å²) in [5, 5.41) is 23.4. The Labute approximate surface area is 125 Å². The van der Waals surface area contributed by atoms with Crippen LogP contribution in [0.5, 0.6) is 0 Å². The van der Waals surface area contributed by atoms with Gasteiger partial charge < -0.3 is 15.0 Å². The number of aliphatic hydroxyl groups is 1. The van der Waals surface area contributed by atoms with Gasteiger partial charge in [-0.2, -0.15) is 0 Å². The van der Waals surface area contributed by atoms with E-state index >= 15 is 0 Å².